The Labute approximate surface area is 468 Å². The summed E-state index contributed by atoms with van der Waals surface area (Å²) in [5.41, 5.74) is 2.99. The van der Waals surface area contributed by atoms with Gasteiger partial charge in [0.1, 0.15) is 32.2 Å². The molecule has 8 rings (SSSR count). The third kappa shape index (κ3) is 12.8. The molecule has 26 heteroatoms. The van der Waals surface area contributed by atoms with Crippen molar-refractivity contribution in [3.8, 4) is 34.5 Å². The van der Waals surface area contributed by atoms with Gasteiger partial charge in [0.05, 0.1) is 74.8 Å². The number of carbonyl (C=O) groups is 3. The molecule has 0 atom stereocenters. The van der Waals surface area contributed by atoms with Crippen molar-refractivity contribution in [1.29, 1.82) is 0 Å². The van der Waals surface area contributed by atoms with Crippen molar-refractivity contribution in [3.63, 3.8) is 0 Å². The Morgan fingerprint density at radius 1 is 0.628 bits per heavy atom. The summed E-state index contributed by atoms with van der Waals surface area (Å²) in [6, 6.07) is 22.7. The number of benzene rings is 4. The number of pyridine rings is 2. The molecule has 78 heavy (non-hydrogen) atoms. The molecule has 0 radical (unpaired) electrons. The zero-order chi connectivity index (χ0) is 56.8. The first kappa shape index (κ1) is 58.2. The van der Waals surface area contributed by atoms with Gasteiger partial charge in [-0.25, -0.2) is 30.7 Å². The number of hydrogen-bond acceptors (Lipinski definition) is 16. The number of ether oxygens (including phenoxy) is 7. The molecule has 4 aromatic carbocycles. The van der Waals surface area contributed by atoms with Crippen LogP contribution in [0.25, 0.3) is 11.0 Å². The zero-order valence-electron chi connectivity index (χ0n) is 42.7. The zero-order valence-corrected chi connectivity index (χ0v) is 47.4. The van der Waals surface area contributed by atoms with Crippen LogP contribution in [0.3, 0.4) is 0 Å². The van der Waals surface area contributed by atoms with E-state index in [2.05, 4.69) is 14.9 Å². The van der Waals surface area contributed by atoms with Crippen molar-refractivity contribution in [3.05, 3.63) is 152 Å². The van der Waals surface area contributed by atoms with E-state index in [-0.39, 0.29) is 89.8 Å². The molecule has 0 aliphatic carbocycles. The Balaban J connectivity index is 0.000000227. The highest BCUT2D eigenvalue weighted by atomic mass is 35.5. The number of aromatic nitrogens is 4. The molecule has 0 saturated carbocycles. The van der Waals surface area contributed by atoms with Crippen molar-refractivity contribution >= 4 is 107 Å². The number of carbonyl (C=O) groups excluding carboxylic acids is 3. The summed E-state index contributed by atoms with van der Waals surface area (Å²) in [5, 5.41) is 9.18. The lowest BCUT2D eigenvalue weighted by Gasteiger charge is -2.24. The summed E-state index contributed by atoms with van der Waals surface area (Å²) >= 11 is 24.4. The van der Waals surface area contributed by atoms with E-state index in [9.17, 15) is 31.2 Å². The van der Waals surface area contributed by atoms with Crippen LogP contribution in [-0.2, 0) is 56.7 Å². The number of nitrogens with zero attached hydrogens (tertiary/aromatic N) is 5. The Morgan fingerprint density at radius 2 is 1.15 bits per heavy atom. The van der Waals surface area contributed by atoms with Gasteiger partial charge in [0.2, 0.25) is 0 Å². The van der Waals surface area contributed by atoms with Crippen molar-refractivity contribution in [2.75, 3.05) is 51.1 Å². The maximum atomic E-state index is 13.7. The minimum atomic E-state index is -4.35. The predicted octanol–water partition coefficient (Wildman–Crippen LogP) is 10.7. The second-order valence-corrected chi connectivity index (χ2v) is 21.9. The molecule has 0 saturated heterocycles. The summed E-state index contributed by atoms with van der Waals surface area (Å²) < 4.78 is 98.9. The van der Waals surface area contributed by atoms with E-state index in [0.29, 0.717) is 44.6 Å². The molecule has 0 amide bonds. The van der Waals surface area contributed by atoms with E-state index in [0.717, 1.165) is 4.31 Å². The van der Waals surface area contributed by atoms with E-state index in [4.69, 9.17) is 79.6 Å². The molecular formula is C52H48Cl4N6O14S2. The normalized spacial score (nSPS) is 11.3. The summed E-state index contributed by atoms with van der Waals surface area (Å²) in [5.74, 6) is -0.180. The fourth-order valence-electron chi connectivity index (χ4n) is 7.78. The number of hydrogen-bond donors (Lipinski definition) is 1. The first-order valence-corrected chi connectivity index (χ1v) is 27.4. The van der Waals surface area contributed by atoms with Crippen LogP contribution in [-0.4, -0.2) is 96.1 Å². The lowest BCUT2D eigenvalue weighted by molar-refractivity contribution is -0.140. The van der Waals surface area contributed by atoms with Crippen LogP contribution in [0.2, 0.25) is 20.1 Å². The van der Waals surface area contributed by atoms with Gasteiger partial charge >= 0.3 is 17.9 Å². The Kier molecular flexibility index (Phi) is 18.3. The van der Waals surface area contributed by atoms with Gasteiger partial charge < -0.3 is 33.2 Å². The molecule has 410 valence electrons. The van der Waals surface area contributed by atoms with Gasteiger partial charge in [0, 0.05) is 41.6 Å². The van der Waals surface area contributed by atoms with Crippen molar-refractivity contribution in [1.82, 2.24) is 19.2 Å². The monoisotopic (exact) mass is 1180 g/mol. The number of esters is 3. The fraction of sp³-hybridized carbons (Fsp3) is 0.212. The second-order valence-electron chi connectivity index (χ2n) is 16.6. The Bertz CT molecular complexity index is 3850. The average Bonchev–Trinajstić information content (AvgIpc) is 4.09. The highest BCUT2D eigenvalue weighted by Gasteiger charge is 2.31. The van der Waals surface area contributed by atoms with Crippen LogP contribution in [0.1, 0.15) is 39.8 Å². The molecule has 20 nitrogen and oxygen atoms in total. The van der Waals surface area contributed by atoms with E-state index in [1.165, 1.54) is 88.7 Å². The van der Waals surface area contributed by atoms with Crippen molar-refractivity contribution < 1.29 is 64.4 Å². The lowest BCUT2D eigenvalue weighted by Crippen LogP contribution is -2.27. The predicted molar refractivity (Wildman–Crippen MR) is 293 cm³/mol. The average molecular weight is 1190 g/mol. The Hall–Kier alpha value is -7.47. The number of anilines is 2. The molecule has 0 aliphatic heterocycles. The highest BCUT2D eigenvalue weighted by molar-refractivity contribution is 7.93. The van der Waals surface area contributed by atoms with E-state index < -0.39 is 38.0 Å². The summed E-state index contributed by atoms with van der Waals surface area (Å²) in [4.78, 5) is 36.0. The topological polar surface area (TPSA) is 234 Å². The number of halogens is 4. The van der Waals surface area contributed by atoms with Crippen LogP contribution < -0.4 is 28.0 Å². The summed E-state index contributed by atoms with van der Waals surface area (Å²) in [6.07, 6.45) is 3.23. The number of methoxy groups -OCH3 is 4. The molecule has 1 N–H and O–H groups in total. The van der Waals surface area contributed by atoms with Gasteiger partial charge in [0.15, 0.2) is 34.5 Å². The first-order chi connectivity index (χ1) is 37.0. The van der Waals surface area contributed by atoms with Crippen LogP contribution in [0.15, 0.2) is 113 Å². The van der Waals surface area contributed by atoms with Gasteiger partial charge in [-0.1, -0.05) is 58.5 Å². The van der Waals surface area contributed by atoms with Gasteiger partial charge in [-0.2, -0.15) is 10.2 Å². The van der Waals surface area contributed by atoms with Crippen LogP contribution in [0.5, 0.6) is 34.5 Å². The summed E-state index contributed by atoms with van der Waals surface area (Å²) in [6.45, 7) is 5.13. The molecule has 0 aliphatic rings. The molecule has 0 fully saturated rings. The number of nitrogens with one attached hydrogen (secondary N) is 1. The SMILES string of the molecule is CCOC(=O)c1c(C)nn2ccc(Oc3ccc(CC(=O)OC)cc3OC)c(NS(=O)(=O)c3ccc(Cl)cc3Cl)c12.COC(=O)Cc1ccc(Oc2ccn3nc(C)cc3c2N(C)S(=O)(=O)c2ccc(Cl)cc2Cl)c(OC)c1. The van der Waals surface area contributed by atoms with Crippen LogP contribution in [0.4, 0.5) is 11.4 Å². The number of sulfonamides is 2. The standard InChI is InChI=1S/C27H25Cl2N3O8S.C25H23Cl2N3O6S/c1-5-39-27(34)24-15(2)30-32-11-10-20(40-19-8-6-16(12-21(19)37-3)13-23(33)38-4)25(26(24)32)31-41(35,36)22-9-7-17(28)14-18(22)29;1-15-11-19-25(29(2)37(32,33)23-8-6-17(26)14-18(23)27)21(9-10-30(19)28-15)36-20-7-5-16(12-22(20)34-3)13-24(31)35-4/h6-12,14,31H,5,13H2,1-4H3;5-12,14H,13H2,1-4H3. The van der Waals surface area contributed by atoms with Crippen LogP contribution >= 0.6 is 46.4 Å². The maximum absolute atomic E-state index is 13.7. The smallest absolute Gasteiger partial charge is 0.342 e. The second kappa shape index (κ2) is 24.5. The maximum Gasteiger partial charge on any atom is 0.342 e. The van der Waals surface area contributed by atoms with Crippen LogP contribution in [0, 0.1) is 13.8 Å². The van der Waals surface area contributed by atoms with E-state index >= 15 is 0 Å². The third-order valence-corrected chi connectivity index (χ3v) is 16.0. The molecule has 8 aromatic rings. The van der Waals surface area contributed by atoms with Gasteiger partial charge in [-0.3, -0.25) is 18.6 Å². The fourth-order valence-corrected chi connectivity index (χ4v) is 11.6. The molecule has 4 aromatic heterocycles. The quantitative estimate of drug-likeness (QED) is 0.0621. The number of aryl methyl sites for hydroxylation is 2. The highest BCUT2D eigenvalue weighted by Crippen LogP contribution is 2.44. The largest absolute Gasteiger partial charge is 0.493 e. The minimum Gasteiger partial charge on any atom is -0.493 e. The minimum absolute atomic E-state index is 0.00397. The van der Waals surface area contributed by atoms with Crippen molar-refractivity contribution in [2.24, 2.45) is 0 Å². The molecule has 0 bridgehead atoms. The third-order valence-electron chi connectivity index (χ3n) is 11.4. The van der Waals surface area contributed by atoms with Gasteiger partial charge in [-0.05, 0) is 98.6 Å². The van der Waals surface area contributed by atoms with Crippen molar-refractivity contribution in [2.45, 2.75) is 43.4 Å². The number of rotatable bonds is 18. The van der Waals surface area contributed by atoms with E-state index in [1.807, 2.05) is 0 Å². The number of fused-ring (bicyclic) bond motifs is 2. The lowest BCUT2D eigenvalue weighted by atomic mass is 10.1. The molecule has 0 unspecified atom stereocenters. The molecule has 4 heterocycles. The van der Waals surface area contributed by atoms with Gasteiger partial charge in [-0.15, -0.1) is 0 Å². The Morgan fingerprint density at radius 3 is 1.68 bits per heavy atom. The van der Waals surface area contributed by atoms with Gasteiger partial charge in [0.25, 0.3) is 20.0 Å². The molecular weight excluding hydrogens is 1140 g/mol. The van der Waals surface area contributed by atoms with E-state index in [1.54, 1.807) is 80.0 Å². The molecule has 0 spiro atoms. The first-order valence-electron chi connectivity index (χ1n) is 23.0. The summed E-state index contributed by atoms with van der Waals surface area (Å²) in [7, 11) is -1.60.